The summed E-state index contributed by atoms with van der Waals surface area (Å²) in [7, 11) is 0. The standard InChI is InChI=1S/C18H20F3N3O2/c1-11(13-5-6-13)22-15(25)7-8-16-23-24-17(26-16)10-12-3-2-4-14(9-12)18(19,20)21/h2-4,9,11,13H,5-8,10H2,1H3,(H,22,25). The lowest BCUT2D eigenvalue weighted by Crippen LogP contribution is -2.34. The maximum absolute atomic E-state index is 12.7. The number of alkyl halides is 3. The second-order valence-corrected chi connectivity index (χ2v) is 6.66. The number of amides is 1. The van der Waals surface area contributed by atoms with Crippen LogP contribution in [0.4, 0.5) is 13.2 Å². The molecule has 2 aromatic rings. The molecule has 1 aromatic carbocycles. The molecule has 1 N–H and O–H groups in total. The summed E-state index contributed by atoms with van der Waals surface area (Å²) in [5, 5.41) is 10.7. The largest absolute Gasteiger partial charge is 0.425 e. The van der Waals surface area contributed by atoms with Crippen molar-refractivity contribution in [3.8, 4) is 0 Å². The zero-order valence-electron chi connectivity index (χ0n) is 14.3. The average molecular weight is 367 g/mol. The molecule has 8 heteroatoms. The van der Waals surface area contributed by atoms with Gasteiger partial charge >= 0.3 is 6.18 Å². The van der Waals surface area contributed by atoms with Crippen molar-refractivity contribution < 1.29 is 22.4 Å². The molecule has 0 saturated heterocycles. The maximum Gasteiger partial charge on any atom is 0.416 e. The van der Waals surface area contributed by atoms with Crippen LogP contribution >= 0.6 is 0 Å². The number of nitrogens with zero attached hydrogens (tertiary/aromatic N) is 2. The molecule has 1 aliphatic carbocycles. The van der Waals surface area contributed by atoms with Gasteiger partial charge in [0.05, 0.1) is 12.0 Å². The predicted octanol–water partition coefficient (Wildman–Crippen LogP) is 3.53. The molecular weight excluding hydrogens is 347 g/mol. The van der Waals surface area contributed by atoms with Crippen molar-refractivity contribution in [1.29, 1.82) is 0 Å². The smallest absolute Gasteiger partial charge is 0.416 e. The van der Waals surface area contributed by atoms with E-state index in [9.17, 15) is 18.0 Å². The van der Waals surface area contributed by atoms with Gasteiger partial charge in [-0.15, -0.1) is 10.2 Å². The number of hydrogen-bond acceptors (Lipinski definition) is 4. The minimum Gasteiger partial charge on any atom is -0.425 e. The van der Waals surface area contributed by atoms with Gasteiger partial charge in [-0.1, -0.05) is 18.2 Å². The lowest BCUT2D eigenvalue weighted by Gasteiger charge is -2.11. The molecule has 5 nitrogen and oxygen atoms in total. The van der Waals surface area contributed by atoms with Crippen LogP contribution in [0.1, 0.15) is 49.1 Å². The van der Waals surface area contributed by atoms with E-state index < -0.39 is 11.7 Å². The monoisotopic (exact) mass is 367 g/mol. The number of carbonyl (C=O) groups is 1. The first-order valence-electron chi connectivity index (χ1n) is 8.58. The fourth-order valence-corrected chi connectivity index (χ4v) is 2.75. The van der Waals surface area contributed by atoms with E-state index >= 15 is 0 Å². The van der Waals surface area contributed by atoms with E-state index in [0.29, 0.717) is 23.8 Å². The van der Waals surface area contributed by atoms with Crippen LogP contribution in [0.5, 0.6) is 0 Å². The Balaban J connectivity index is 1.52. The second-order valence-electron chi connectivity index (χ2n) is 6.66. The number of nitrogens with one attached hydrogen (secondary N) is 1. The van der Waals surface area contributed by atoms with Gasteiger partial charge in [0.25, 0.3) is 0 Å². The molecule has 1 aliphatic rings. The highest BCUT2D eigenvalue weighted by molar-refractivity contribution is 5.76. The van der Waals surface area contributed by atoms with Crippen LogP contribution in [0, 0.1) is 5.92 Å². The van der Waals surface area contributed by atoms with Crippen LogP contribution in [0.2, 0.25) is 0 Å². The van der Waals surface area contributed by atoms with Crippen LogP contribution < -0.4 is 5.32 Å². The quantitative estimate of drug-likeness (QED) is 0.813. The average Bonchev–Trinajstić information content (AvgIpc) is 3.34. The molecule has 1 atom stereocenters. The van der Waals surface area contributed by atoms with Gasteiger partial charge in [0.2, 0.25) is 17.7 Å². The number of aromatic nitrogens is 2. The van der Waals surface area contributed by atoms with Crippen molar-refractivity contribution in [2.75, 3.05) is 0 Å². The molecule has 0 radical (unpaired) electrons. The number of rotatable bonds is 7. The molecule has 140 valence electrons. The van der Waals surface area contributed by atoms with Crippen molar-refractivity contribution >= 4 is 5.91 Å². The molecule has 1 aromatic heterocycles. The fourth-order valence-electron chi connectivity index (χ4n) is 2.75. The minimum atomic E-state index is -4.39. The highest BCUT2D eigenvalue weighted by Crippen LogP contribution is 2.32. The van der Waals surface area contributed by atoms with Gasteiger partial charge in [0.15, 0.2) is 0 Å². The lowest BCUT2D eigenvalue weighted by molar-refractivity contribution is -0.137. The van der Waals surface area contributed by atoms with Crippen molar-refractivity contribution in [1.82, 2.24) is 15.5 Å². The molecule has 0 aliphatic heterocycles. The third-order valence-corrected chi connectivity index (χ3v) is 4.40. The van der Waals surface area contributed by atoms with Gasteiger partial charge in [-0.05, 0) is 37.3 Å². The SMILES string of the molecule is CC(NC(=O)CCc1nnc(Cc2cccc(C(F)(F)F)c2)o1)C1CC1. The number of benzene rings is 1. The Morgan fingerprint density at radius 1 is 1.31 bits per heavy atom. The zero-order chi connectivity index (χ0) is 18.7. The van der Waals surface area contributed by atoms with Gasteiger partial charge in [0.1, 0.15) is 0 Å². The highest BCUT2D eigenvalue weighted by Gasteiger charge is 2.30. The van der Waals surface area contributed by atoms with E-state index in [0.717, 1.165) is 25.0 Å². The van der Waals surface area contributed by atoms with Gasteiger partial charge in [-0.2, -0.15) is 13.2 Å². The third-order valence-electron chi connectivity index (χ3n) is 4.40. The zero-order valence-corrected chi connectivity index (χ0v) is 14.3. The van der Waals surface area contributed by atoms with Crippen molar-refractivity contribution in [3.63, 3.8) is 0 Å². The Kier molecular flexibility index (Phi) is 5.29. The topological polar surface area (TPSA) is 68.0 Å². The van der Waals surface area contributed by atoms with E-state index in [2.05, 4.69) is 15.5 Å². The summed E-state index contributed by atoms with van der Waals surface area (Å²) < 4.78 is 43.7. The molecule has 1 amide bonds. The van der Waals surface area contributed by atoms with Gasteiger partial charge < -0.3 is 9.73 Å². The van der Waals surface area contributed by atoms with Crippen LogP contribution in [0.15, 0.2) is 28.7 Å². The van der Waals surface area contributed by atoms with Crippen molar-refractivity contribution in [2.24, 2.45) is 5.92 Å². The summed E-state index contributed by atoms with van der Waals surface area (Å²) >= 11 is 0. The van der Waals surface area contributed by atoms with Crippen LogP contribution in [0.25, 0.3) is 0 Å². The highest BCUT2D eigenvalue weighted by atomic mass is 19.4. The summed E-state index contributed by atoms with van der Waals surface area (Å²) in [6.07, 6.45) is -1.42. The summed E-state index contributed by atoms with van der Waals surface area (Å²) in [6.45, 7) is 2.00. The first-order valence-corrected chi connectivity index (χ1v) is 8.58. The summed E-state index contributed by atoms with van der Waals surface area (Å²) in [4.78, 5) is 11.9. The number of aryl methyl sites for hydroxylation is 1. The molecule has 0 spiro atoms. The second kappa shape index (κ2) is 7.47. The summed E-state index contributed by atoms with van der Waals surface area (Å²) in [5.74, 6) is 1.05. The first-order chi connectivity index (χ1) is 12.3. The van der Waals surface area contributed by atoms with E-state index in [4.69, 9.17) is 4.42 Å². The number of halogens is 3. The maximum atomic E-state index is 12.7. The van der Waals surface area contributed by atoms with E-state index in [-0.39, 0.29) is 30.7 Å². The Morgan fingerprint density at radius 2 is 2.04 bits per heavy atom. The van der Waals surface area contributed by atoms with Gasteiger partial charge in [-0.25, -0.2) is 0 Å². The van der Waals surface area contributed by atoms with E-state index in [1.807, 2.05) is 6.92 Å². The van der Waals surface area contributed by atoms with Gasteiger partial charge in [-0.3, -0.25) is 4.79 Å². The summed E-state index contributed by atoms with van der Waals surface area (Å²) in [5.41, 5.74) is -0.276. The molecule has 1 unspecified atom stereocenters. The minimum absolute atomic E-state index is 0.0676. The Morgan fingerprint density at radius 3 is 2.73 bits per heavy atom. The summed E-state index contributed by atoms with van der Waals surface area (Å²) in [6, 6.07) is 5.19. The molecule has 3 rings (SSSR count). The Hall–Kier alpha value is -2.38. The molecule has 0 bridgehead atoms. The van der Waals surface area contributed by atoms with E-state index in [1.54, 1.807) is 6.07 Å². The normalized spacial score (nSPS) is 15.7. The predicted molar refractivity (Wildman–Crippen MR) is 87.2 cm³/mol. The number of hydrogen-bond donors (Lipinski definition) is 1. The first kappa shape index (κ1) is 18.4. The number of carbonyl (C=O) groups excluding carboxylic acids is 1. The lowest BCUT2D eigenvalue weighted by atomic mass is 10.1. The molecule has 26 heavy (non-hydrogen) atoms. The molecular formula is C18H20F3N3O2. The molecule has 1 fully saturated rings. The third kappa shape index (κ3) is 5.06. The molecule has 1 saturated carbocycles. The Labute approximate surface area is 149 Å². The van der Waals surface area contributed by atoms with Gasteiger partial charge in [0, 0.05) is 18.9 Å². The fraction of sp³-hybridized carbons (Fsp3) is 0.500. The molecule has 1 heterocycles. The van der Waals surface area contributed by atoms with Crippen molar-refractivity contribution in [3.05, 3.63) is 47.2 Å². The van der Waals surface area contributed by atoms with E-state index in [1.165, 1.54) is 6.07 Å². The van der Waals surface area contributed by atoms with Crippen LogP contribution in [0.3, 0.4) is 0 Å². The van der Waals surface area contributed by atoms with Crippen molar-refractivity contribution in [2.45, 2.75) is 51.2 Å². The van der Waals surface area contributed by atoms with Crippen LogP contribution in [-0.4, -0.2) is 22.1 Å². The van der Waals surface area contributed by atoms with Crippen LogP contribution in [-0.2, 0) is 23.8 Å². The Bertz CT molecular complexity index is 769.